The highest BCUT2D eigenvalue weighted by molar-refractivity contribution is 5.80. The molecule has 0 saturated heterocycles. The Balaban J connectivity index is 2.08. The SMILES string of the molecule is CC(=C/CC/C(C)=C/C(=O)O)/C=C1\CCC(C)c2ccccc21. The summed E-state index contributed by atoms with van der Waals surface area (Å²) in [6, 6.07) is 8.71. The van der Waals surface area contributed by atoms with Crippen molar-refractivity contribution in [3.8, 4) is 0 Å². The number of carboxylic acids is 1. The molecule has 0 spiro atoms. The van der Waals surface area contributed by atoms with E-state index in [4.69, 9.17) is 5.11 Å². The van der Waals surface area contributed by atoms with Gasteiger partial charge in [0.1, 0.15) is 0 Å². The zero-order valence-electron chi connectivity index (χ0n) is 14.3. The van der Waals surface area contributed by atoms with Crippen molar-refractivity contribution in [2.45, 2.75) is 52.4 Å². The molecule has 0 fully saturated rings. The van der Waals surface area contributed by atoms with Crippen molar-refractivity contribution in [2.24, 2.45) is 0 Å². The third-order valence-corrected chi connectivity index (χ3v) is 4.46. The Morgan fingerprint density at radius 2 is 2.04 bits per heavy atom. The number of fused-ring (bicyclic) bond motifs is 1. The lowest BCUT2D eigenvalue weighted by Crippen LogP contribution is -2.06. The molecule has 0 aliphatic heterocycles. The van der Waals surface area contributed by atoms with E-state index in [0.717, 1.165) is 24.8 Å². The molecule has 0 radical (unpaired) electrons. The minimum Gasteiger partial charge on any atom is -0.478 e. The quantitative estimate of drug-likeness (QED) is 0.706. The zero-order valence-corrected chi connectivity index (χ0v) is 14.3. The number of allylic oxidation sites excluding steroid dienone is 5. The summed E-state index contributed by atoms with van der Waals surface area (Å²) >= 11 is 0. The summed E-state index contributed by atoms with van der Waals surface area (Å²) in [7, 11) is 0. The van der Waals surface area contributed by atoms with Gasteiger partial charge in [0.25, 0.3) is 0 Å². The second-order valence-electron chi connectivity index (χ2n) is 6.51. The molecular weight excluding hydrogens is 284 g/mol. The third kappa shape index (κ3) is 4.95. The van der Waals surface area contributed by atoms with Crippen LogP contribution in [0.1, 0.15) is 63.5 Å². The van der Waals surface area contributed by atoms with Crippen LogP contribution in [0.3, 0.4) is 0 Å². The van der Waals surface area contributed by atoms with E-state index in [1.807, 2.05) is 6.92 Å². The number of hydrogen-bond donors (Lipinski definition) is 1. The van der Waals surface area contributed by atoms with Gasteiger partial charge in [-0.1, -0.05) is 54.5 Å². The Morgan fingerprint density at radius 3 is 2.78 bits per heavy atom. The normalized spacial score (nSPS) is 20.5. The molecule has 1 N–H and O–H groups in total. The number of aliphatic carboxylic acids is 1. The van der Waals surface area contributed by atoms with Crippen molar-refractivity contribution in [1.82, 2.24) is 0 Å². The van der Waals surface area contributed by atoms with E-state index >= 15 is 0 Å². The molecule has 0 saturated carbocycles. The van der Waals surface area contributed by atoms with E-state index in [0.29, 0.717) is 5.92 Å². The lowest BCUT2D eigenvalue weighted by Gasteiger charge is -2.24. The van der Waals surface area contributed by atoms with Crippen LogP contribution in [-0.2, 0) is 4.79 Å². The van der Waals surface area contributed by atoms with Crippen LogP contribution >= 0.6 is 0 Å². The highest BCUT2D eigenvalue weighted by atomic mass is 16.4. The summed E-state index contributed by atoms with van der Waals surface area (Å²) in [5, 5.41) is 8.72. The van der Waals surface area contributed by atoms with Crippen LogP contribution in [0, 0.1) is 0 Å². The van der Waals surface area contributed by atoms with Gasteiger partial charge in [0.05, 0.1) is 0 Å². The van der Waals surface area contributed by atoms with E-state index in [1.165, 1.54) is 34.8 Å². The van der Waals surface area contributed by atoms with Crippen molar-refractivity contribution in [2.75, 3.05) is 0 Å². The van der Waals surface area contributed by atoms with Crippen LogP contribution in [0.2, 0.25) is 0 Å². The molecule has 2 heteroatoms. The van der Waals surface area contributed by atoms with E-state index in [-0.39, 0.29) is 0 Å². The van der Waals surface area contributed by atoms with Crippen LogP contribution < -0.4 is 0 Å². The van der Waals surface area contributed by atoms with Crippen LogP contribution in [0.15, 0.2) is 53.6 Å². The molecule has 1 aromatic rings. The van der Waals surface area contributed by atoms with Gasteiger partial charge in [0, 0.05) is 6.08 Å². The molecule has 23 heavy (non-hydrogen) atoms. The summed E-state index contributed by atoms with van der Waals surface area (Å²) in [5.41, 5.74) is 6.43. The second-order valence-corrected chi connectivity index (χ2v) is 6.51. The maximum Gasteiger partial charge on any atom is 0.328 e. The van der Waals surface area contributed by atoms with Gasteiger partial charge in [-0.2, -0.15) is 0 Å². The van der Waals surface area contributed by atoms with Crippen molar-refractivity contribution in [3.63, 3.8) is 0 Å². The molecule has 0 aromatic heterocycles. The molecule has 1 aliphatic rings. The van der Waals surface area contributed by atoms with Crippen LogP contribution in [0.25, 0.3) is 5.57 Å². The molecule has 1 aromatic carbocycles. The maximum atomic E-state index is 10.6. The summed E-state index contributed by atoms with van der Waals surface area (Å²) in [6.07, 6.45) is 9.79. The van der Waals surface area contributed by atoms with Crippen molar-refractivity contribution >= 4 is 11.5 Å². The van der Waals surface area contributed by atoms with Crippen molar-refractivity contribution in [3.05, 3.63) is 64.8 Å². The van der Waals surface area contributed by atoms with Gasteiger partial charge < -0.3 is 5.11 Å². The Labute approximate surface area is 139 Å². The standard InChI is InChI=1S/C21H26O2/c1-15(7-6-8-16(2)14-21(22)23)13-18-12-11-17(3)19-9-4-5-10-20(18)19/h4-5,7,9-10,13-14,17H,6,8,11-12H2,1-3H3,(H,22,23)/b15-7-,16-14+,18-13+. The second kappa shape index (κ2) is 7.96. The van der Waals surface area contributed by atoms with Crippen LogP contribution in [0.4, 0.5) is 0 Å². The van der Waals surface area contributed by atoms with Gasteiger partial charge in [-0.3, -0.25) is 0 Å². The van der Waals surface area contributed by atoms with E-state index in [2.05, 4.69) is 50.3 Å². The molecule has 0 bridgehead atoms. The fourth-order valence-corrected chi connectivity index (χ4v) is 3.18. The fraction of sp³-hybridized carbons (Fsp3) is 0.381. The monoisotopic (exact) mass is 310 g/mol. The smallest absolute Gasteiger partial charge is 0.328 e. The molecule has 1 atom stereocenters. The molecule has 122 valence electrons. The highest BCUT2D eigenvalue weighted by Gasteiger charge is 2.19. The van der Waals surface area contributed by atoms with Gasteiger partial charge >= 0.3 is 5.97 Å². The van der Waals surface area contributed by atoms with Gasteiger partial charge in [-0.25, -0.2) is 4.79 Å². The lowest BCUT2D eigenvalue weighted by atomic mass is 9.80. The van der Waals surface area contributed by atoms with Gasteiger partial charge in [0.2, 0.25) is 0 Å². The first-order valence-corrected chi connectivity index (χ1v) is 8.34. The number of hydrogen-bond acceptors (Lipinski definition) is 1. The van der Waals surface area contributed by atoms with Crippen LogP contribution in [0.5, 0.6) is 0 Å². The largest absolute Gasteiger partial charge is 0.478 e. The van der Waals surface area contributed by atoms with Gasteiger partial charge in [-0.15, -0.1) is 0 Å². The Morgan fingerprint density at radius 1 is 1.30 bits per heavy atom. The predicted molar refractivity (Wildman–Crippen MR) is 96.5 cm³/mol. The average Bonchev–Trinajstić information content (AvgIpc) is 2.49. The number of carbonyl (C=O) groups is 1. The topological polar surface area (TPSA) is 37.3 Å². The van der Waals surface area contributed by atoms with E-state index < -0.39 is 5.97 Å². The average molecular weight is 310 g/mol. The molecule has 1 unspecified atom stereocenters. The maximum absolute atomic E-state index is 10.6. The summed E-state index contributed by atoms with van der Waals surface area (Å²) in [5.74, 6) is -0.227. The minimum absolute atomic E-state index is 0.636. The van der Waals surface area contributed by atoms with Crippen LogP contribution in [-0.4, -0.2) is 11.1 Å². The van der Waals surface area contributed by atoms with Gasteiger partial charge in [-0.05, 0) is 62.1 Å². The minimum atomic E-state index is -0.863. The fourth-order valence-electron chi connectivity index (χ4n) is 3.18. The Kier molecular flexibility index (Phi) is 5.97. The first kappa shape index (κ1) is 17.3. The van der Waals surface area contributed by atoms with Crippen molar-refractivity contribution < 1.29 is 9.90 Å². The van der Waals surface area contributed by atoms with Gasteiger partial charge in [0.15, 0.2) is 0 Å². The molecule has 0 heterocycles. The number of benzene rings is 1. The molecule has 2 rings (SSSR count). The zero-order chi connectivity index (χ0) is 16.8. The Bertz CT molecular complexity index is 662. The first-order chi connectivity index (χ1) is 11.0. The number of rotatable bonds is 5. The summed E-state index contributed by atoms with van der Waals surface area (Å²) in [6.45, 7) is 6.30. The highest BCUT2D eigenvalue weighted by Crippen LogP contribution is 2.38. The summed E-state index contributed by atoms with van der Waals surface area (Å²) < 4.78 is 0. The first-order valence-electron chi connectivity index (χ1n) is 8.34. The van der Waals surface area contributed by atoms with E-state index in [1.54, 1.807) is 0 Å². The third-order valence-electron chi connectivity index (χ3n) is 4.46. The molecule has 2 nitrogen and oxygen atoms in total. The van der Waals surface area contributed by atoms with E-state index in [9.17, 15) is 4.79 Å². The molecular formula is C21H26O2. The molecule has 0 amide bonds. The summed E-state index contributed by atoms with van der Waals surface area (Å²) in [4.78, 5) is 10.6. The Hall–Kier alpha value is -2.09. The predicted octanol–water partition coefficient (Wildman–Crippen LogP) is 5.72. The number of carboxylic acid groups (broad SMARTS) is 1. The lowest BCUT2D eigenvalue weighted by molar-refractivity contribution is -0.131. The van der Waals surface area contributed by atoms with Crippen molar-refractivity contribution in [1.29, 1.82) is 0 Å². The molecule has 1 aliphatic carbocycles.